The monoisotopic (exact) mass is 2300 g/mol. The lowest BCUT2D eigenvalue weighted by molar-refractivity contribution is -0.137. The Morgan fingerprint density at radius 1 is 0.433 bits per heavy atom. The molecule has 0 saturated carbocycles. The summed E-state index contributed by atoms with van der Waals surface area (Å²) in [5, 5.41) is 46.4. The second kappa shape index (κ2) is 68.3. The first kappa shape index (κ1) is 138. The first-order valence-electron chi connectivity index (χ1n) is 49.8. The molecule has 2 aliphatic rings. The molecular weight excluding hydrogens is 2130 g/mol. The molecule has 11 amide bonds. The molecule has 2 aliphatic heterocycles. The van der Waals surface area contributed by atoms with E-state index in [1.165, 1.54) is 38.1 Å². The standard InChI is InChI=1S/C87H167N25O30S8/c1-63(2)43-75(50-110(148(137,138)42-37-93)57-82(120)103-74(30-31-85(123)124)49-111(149(139,140)61-64(3)4)58-83(121)102-72(22-12-17-33-89)47-108(52-77(94)115)146(133,134)40-35-91)104-80(118)55-107(145(10,131)132)44-69(21-11-16-32-88)98-78(116)53-105(143(8,127)128)45-70-24-14-19-38-95-86(125)67-26-28-68(29-27-67)87(126)96-39-20-15-25-71(100-84(122)59-112(150(141,142)62-65(5)6)51-76(60-113)97-66(7)114)46-106(144(9,129)130)54-79(117)101-73(23-13-18-34-90)48-109(56-81(119)99-70)147(135,136)41-36-92/h26-29,63-65,69-76,113H,11-25,30-62,88-93H2,1-10H3,(H2,94,115)(H,95,125)(H,96,126)(H,97,114)(H,98,116)(H,99,119)(H,100,122)(H,101,117)(H,102,121)(H,103,120)(H,104,118)(H,123,124)/t69-,70-,71-,72-,73-,74-,75-,76+/m1/s1. The highest BCUT2D eigenvalue weighted by Gasteiger charge is 2.40. The summed E-state index contributed by atoms with van der Waals surface area (Å²) in [6.45, 7) is -4.50. The summed E-state index contributed by atoms with van der Waals surface area (Å²) in [5.74, 6) is -16.5. The lowest BCUT2D eigenvalue weighted by atomic mass is 10.0. The van der Waals surface area contributed by atoms with Gasteiger partial charge in [0.1, 0.15) is 0 Å². The molecule has 0 aliphatic carbocycles. The largest absolute Gasteiger partial charge is 0.481 e. The minimum atomic E-state index is -4.65. The van der Waals surface area contributed by atoms with Crippen molar-refractivity contribution in [3.8, 4) is 0 Å². The third kappa shape index (κ3) is 56.8. The van der Waals surface area contributed by atoms with Gasteiger partial charge in [-0.1, -0.05) is 60.8 Å². The molecule has 26 N–H and O–H groups in total. The van der Waals surface area contributed by atoms with Crippen LogP contribution >= 0.6 is 0 Å². The molecule has 0 aromatic heterocycles. The number of nitrogens with one attached hydrogen (secondary N) is 10. The van der Waals surface area contributed by atoms with Crippen LogP contribution in [0.25, 0.3) is 0 Å². The second-order valence-corrected chi connectivity index (χ2v) is 54.9. The van der Waals surface area contributed by atoms with Gasteiger partial charge in [0, 0.05) is 152 Å². The Balaban J connectivity index is 2.80. The lowest BCUT2D eigenvalue weighted by Gasteiger charge is -2.31. The van der Waals surface area contributed by atoms with Crippen molar-refractivity contribution < 1.29 is 135 Å². The number of primary amides is 1. The zero-order valence-electron chi connectivity index (χ0n) is 87.8. The van der Waals surface area contributed by atoms with Gasteiger partial charge in [0.2, 0.25) is 133 Å². The van der Waals surface area contributed by atoms with Gasteiger partial charge in [-0.05, 0) is 152 Å². The number of unbranched alkanes of at least 4 members (excludes halogenated alkanes) is 3. The van der Waals surface area contributed by atoms with E-state index in [0.717, 1.165) is 34.3 Å². The van der Waals surface area contributed by atoms with Crippen molar-refractivity contribution in [1.82, 2.24) is 87.6 Å². The number of hydrogen-bond donors (Lipinski definition) is 19. The molecule has 55 nitrogen and oxygen atoms in total. The number of carboxylic acids is 1. The van der Waals surface area contributed by atoms with Gasteiger partial charge in [-0.25, -0.2) is 67.3 Å². The molecule has 0 spiro atoms. The van der Waals surface area contributed by atoms with E-state index in [-0.39, 0.29) is 134 Å². The molecule has 0 radical (unpaired) electrons. The number of nitrogens with zero attached hydrogens (tertiary/aromatic N) is 8. The molecule has 2 heterocycles. The van der Waals surface area contributed by atoms with Crippen LogP contribution in [0.1, 0.15) is 185 Å². The number of rotatable bonds is 66. The second-order valence-electron chi connectivity index (χ2n) is 38.7. The predicted molar refractivity (Wildman–Crippen MR) is 564 cm³/mol. The fourth-order valence-electron chi connectivity index (χ4n) is 16.2. The lowest BCUT2D eigenvalue weighted by Crippen LogP contribution is -2.55. The number of hydrogen-bond acceptors (Lipinski definition) is 35. The minimum Gasteiger partial charge on any atom is -0.481 e. The normalized spacial score (nSPS) is 17.5. The van der Waals surface area contributed by atoms with Crippen molar-refractivity contribution in [2.24, 2.45) is 57.9 Å². The highest BCUT2D eigenvalue weighted by atomic mass is 32.2. The number of carbonyl (C=O) groups is 12. The Labute approximate surface area is 885 Å². The van der Waals surface area contributed by atoms with E-state index in [9.17, 15) is 135 Å². The molecule has 2 bridgehead atoms. The van der Waals surface area contributed by atoms with Crippen LogP contribution in [-0.2, 0) is 128 Å². The van der Waals surface area contributed by atoms with Gasteiger partial charge in [-0.15, -0.1) is 0 Å². The van der Waals surface area contributed by atoms with E-state index in [1.807, 2.05) is 0 Å². The van der Waals surface area contributed by atoms with E-state index in [0.29, 0.717) is 45.1 Å². The Hall–Kier alpha value is -8.14. The number of aliphatic hydroxyl groups excluding tert-OH is 1. The van der Waals surface area contributed by atoms with Crippen LogP contribution in [-0.4, -0.2) is 442 Å². The average molecular weight is 2300 g/mol. The smallest absolute Gasteiger partial charge is 0.303 e. The predicted octanol–water partition coefficient (Wildman–Crippen LogP) is -8.69. The number of benzene rings is 1. The quantitative estimate of drug-likeness (QED) is 0.0213. The van der Waals surface area contributed by atoms with E-state index >= 15 is 0 Å². The number of carbonyl (C=O) groups excluding carboxylic acids is 11. The first-order valence-corrected chi connectivity index (χ1v) is 63.4. The maximum atomic E-state index is 14.8. The molecule has 0 saturated heterocycles. The molecule has 3 rings (SSSR count). The van der Waals surface area contributed by atoms with Crippen molar-refractivity contribution in [2.45, 2.75) is 212 Å². The topological polar surface area (TPSA) is 847 Å². The molecule has 0 fully saturated rings. The van der Waals surface area contributed by atoms with E-state index in [1.54, 1.807) is 27.7 Å². The van der Waals surface area contributed by atoms with Crippen molar-refractivity contribution in [3.05, 3.63) is 35.4 Å². The SMILES string of the molecule is CC(=O)N[C@H](CO)CN(CC(=O)N[C@@H]1CCCCNC(=O)c2ccc(cc2)C(=O)NCCCC[C@H](CN(CC(=O)N[C@H](CCCCN)CN(CC(=O)N[C@H](CC(C)C)CN(CC(=O)N[C@H](CCC(=O)O)CN(CC(=O)N[C@H](CCCCN)CN(CC(N)=O)S(=O)(=O)CCN)S(=O)(=O)CC(C)C)S(=O)(=O)CCN)S(C)(=O)=O)S(C)(=O)=O)NC(=O)CN(S(=O)(=O)CCN)C[C@@H](CCCCN)NC(=O)CN(S(C)(=O)=O)C1)S(=O)(=O)CC(C)C. The van der Waals surface area contributed by atoms with Crippen molar-refractivity contribution in [1.29, 1.82) is 0 Å². The maximum Gasteiger partial charge on any atom is 0.303 e. The molecule has 150 heavy (non-hydrogen) atoms. The maximum absolute atomic E-state index is 14.8. The van der Waals surface area contributed by atoms with Crippen molar-refractivity contribution in [2.75, 3.05) is 211 Å². The van der Waals surface area contributed by atoms with E-state index in [4.69, 9.17) is 40.1 Å². The Bertz CT molecular complexity index is 5440. The van der Waals surface area contributed by atoms with Crippen LogP contribution in [0.15, 0.2) is 24.3 Å². The number of carboxylic acid groups (broad SMARTS) is 1. The summed E-state index contributed by atoms with van der Waals surface area (Å²) >= 11 is 0. The van der Waals surface area contributed by atoms with E-state index in [2.05, 4.69) is 53.2 Å². The van der Waals surface area contributed by atoms with Crippen LogP contribution in [0.3, 0.4) is 0 Å². The molecule has 1 aromatic rings. The van der Waals surface area contributed by atoms with Gasteiger partial charge in [0.25, 0.3) is 11.8 Å². The number of nitrogens with two attached hydrogens (primary N) is 7. The Kier molecular flexibility index (Phi) is 62.8. The number of aliphatic carboxylic acids is 1. The Morgan fingerprint density at radius 2 is 0.820 bits per heavy atom. The van der Waals surface area contributed by atoms with E-state index < -0.39 is 383 Å². The van der Waals surface area contributed by atoms with Gasteiger partial charge in [0.05, 0.1) is 113 Å². The van der Waals surface area contributed by atoms with Gasteiger partial charge in [-0.3, -0.25) is 57.5 Å². The first-order chi connectivity index (χ1) is 69.8. The molecular formula is C87H167N25O30S8. The molecule has 1 aromatic carbocycles. The molecule has 63 heteroatoms. The number of amides is 11. The van der Waals surface area contributed by atoms with Crippen LogP contribution in [0.5, 0.6) is 0 Å². The summed E-state index contributed by atoms with van der Waals surface area (Å²) in [6, 6.07) is -4.69. The van der Waals surface area contributed by atoms with Crippen molar-refractivity contribution >= 4 is 151 Å². The molecule has 8 atom stereocenters. The van der Waals surface area contributed by atoms with Gasteiger partial charge in [0.15, 0.2) is 0 Å². The van der Waals surface area contributed by atoms with Crippen LogP contribution in [0.4, 0.5) is 0 Å². The van der Waals surface area contributed by atoms with Gasteiger partial charge < -0.3 is 104 Å². The van der Waals surface area contributed by atoms with Crippen molar-refractivity contribution in [3.63, 3.8) is 0 Å². The third-order valence-electron chi connectivity index (χ3n) is 23.2. The summed E-state index contributed by atoms with van der Waals surface area (Å²) in [5.41, 5.74) is 40.3. The van der Waals surface area contributed by atoms with Gasteiger partial charge in [-0.2, -0.15) is 34.4 Å². The summed E-state index contributed by atoms with van der Waals surface area (Å²) in [6.07, 6.45) is 2.68. The fraction of sp³-hybridized carbons (Fsp3) is 0.793. The summed E-state index contributed by atoms with van der Waals surface area (Å²) in [7, 11) is -36.0. The number of sulfonamides is 8. The Morgan fingerprint density at radius 3 is 1.23 bits per heavy atom. The number of aliphatic hydroxyl groups is 1. The fourth-order valence-corrected chi connectivity index (χ4v) is 25.9. The minimum absolute atomic E-state index is 0.00605. The van der Waals surface area contributed by atoms with Crippen LogP contribution in [0.2, 0.25) is 0 Å². The highest BCUT2D eigenvalue weighted by molar-refractivity contribution is 7.90. The zero-order chi connectivity index (χ0) is 114. The molecule has 868 valence electrons. The van der Waals surface area contributed by atoms with Crippen LogP contribution in [0, 0.1) is 17.8 Å². The third-order valence-corrected chi connectivity index (χ3v) is 36.6. The molecule has 0 unspecified atom stereocenters. The van der Waals surface area contributed by atoms with Gasteiger partial charge >= 0.3 is 5.97 Å². The number of fused-ring (bicyclic) bond motifs is 26. The van der Waals surface area contributed by atoms with Crippen LogP contribution < -0.4 is 93.3 Å². The summed E-state index contributed by atoms with van der Waals surface area (Å²) < 4.78 is 230. The zero-order valence-corrected chi connectivity index (χ0v) is 94.3. The summed E-state index contributed by atoms with van der Waals surface area (Å²) in [4.78, 5) is 165. The highest BCUT2D eigenvalue weighted by Crippen LogP contribution is 2.21. The average Bonchev–Trinajstić information content (AvgIpc) is 0.799.